The van der Waals surface area contributed by atoms with Crippen LogP contribution in [-0.4, -0.2) is 46.4 Å². The van der Waals surface area contributed by atoms with Gasteiger partial charge in [-0.25, -0.2) is 9.97 Å². The third-order valence-corrected chi connectivity index (χ3v) is 5.63. The standard InChI is InChI=1S/C20H22N4O3/c1-3-6-16-20(14-7-4-5-8-15(14)23-18(20)26)9-10-24(16)17(25)13-11-21-19(27-2)22-12-13/h4-5,7-8,11-12,16H,3,6,9-10H2,1-2H3,(H,23,26)/t16-,20+/m0/s1. The Labute approximate surface area is 157 Å². The first kappa shape index (κ1) is 17.5. The molecule has 1 saturated heterocycles. The van der Waals surface area contributed by atoms with Gasteiger partial charge in [-0.3, -0.25) is 9.59 Å². The summed E-state index contributed by atoms with van der Waals surface area (Å²) in [6.07, 6.45) is 5.20. The normalized spacial score (nSPS) is 23.4. The predicted octanol–water partition coefficient (Wildman–Crippen LogP) is 2.39. The number of nitrogens with zero attached hydrogens (tertiary/aromatic N) is 3. The second kappa shape index (κ2) is 6.64. The Bertz CT molecular complexity index is 883. The van der Waals surface area contributed by atoms with Gasteiger partial charge in [0, 0.05) is 24.6 Å². The Morgan fingerprint density at radius 3 is 2.78 bits per heavy atom. The van der Waals surface area contributed by atoms with Crippen molar-refractivity contribution < 1.29 is 14.3 Å². The molecule has 2 aromatic rings. The first-order valence-corrected chi connectivity index (χ1v) is 9.19. The van der Waals surface area contributed by atoms with Crippen LogP contribution in [-0.2, 0) is 10.2 Å². The smallest absolute Gasteiger partial charge is 0.316 e. The van der Waals surface area contributed by atoms with E-state index in [2.05, 4.69) is 22.2 Å². The molecule has 2 amide bonds. The molecule has 2 aliphatic heterocycles. The largest absolute Gasteiger partial charge is 0.467 e. The average Bonchev–Trinajstić information content (AvgIpc) is 3.21. The van der Waals surface area contributed by atoms with Crippen LogP contribution in [0.1, 0.15) is 42.1 Å². The van der Waals surface area contributed by atoms with Crippen molar-refractivity contribution in [3.8, 4) is 6.01 Å². The van der Waals surface area contributed by atoms with Crippen molar-refractivity contribution in [2.75, 3.05) is 19.0 Å². The lowest BCUT2D eigenvalue weighted by Gasteiger charge is -2.34. The fraction of sp³-hybridized carbons (Fsp3) is 0.400. The van der Waals surface area contributed by atoms with E-state index in [0.717, 1.165) is 24.1 Å². The van der Waals surface area contributed by atoms with E-state index in [4.69, 9.17) is 4.74 Å². The van der Waals surface area contributed by atoms with Gasteiger partial charge in [0.15, 0.2) is 0 Å². The van der Waals surface area contributed by atoms with Crippen LogP contribution in [0.3, 0.4) is 0 Å². The molecular formula is C20H22N4O3. The number of hydrogen-bond acceptors (Lipinski definition) is 5. The van der Waals surface area contributed by atoms with E-state index >= 15 is 0 Å². The third-order valence-electron chi connectivity index (χ3n) is 5.63. The molecule has 1 spiro atoms. The molecule has 1 N–H and O–H groups in total. The Balaban J connectivity index is 1.71. The van der Waals surface area contributed by atoms with E-state index in [-0.39, 0.29) is 23.9 Å². The number of amides is 2. The number of ether oxygens (including phenoxy) is 1. The summed E-state index contributed by atoms with van der Waals surface area (Å²) in [5.41, 5.74) is 1.57. The zero-order valence-corrected chi connectivity index (χ0v) is 15.4. The molecule has 0 saturated carbocycles. The number of fused-ring (bicyclic) bond motifs is 2. The molecule has 0 unspecified atom stereocenters. The number of methoxy groups -OCH3 is 1. The highest BCUT2D eigenvalue weighted by Gasteiger charge is 2.58. The van der Waals surface area contributed by atoms with Crippen molar-refractivity contribution in [2.24, 2.45) is 0 Å². The minimum absolute atomic E-state index is 0.0107. The van der Waals surface area contributed by atoms with Crippen LogP contribution >= 0.6 is 0 Å². The maximum Gasteiger partial charge on any atom is 0.316 e. The molecule has 0 radical (unpaired) electrons. The van der Waals surface area contributed by atoms with E-state index in [1.54, 1.807) is 0 Å². The molecule has 0 bridgehead atoms. The summed E-state index contributed by atoms with van der Waals surface area (Å²) in [5, 5.41) is 3.01. The SMILES string of the molecule is CCC[C@@H]1N(C(=O)c2cnc(OC)nc2)CC[C@]12C(=O)Nc1ccccc12. The maximum absolute atomic E-state index is 13.2. The maximum atomic E-state index is 13.2. The molecule has 0 aliphatic carbocycles. The molecule has 27 heavy (non-hydrogen) atoms. The fourth-order valence-corrected chi connectivity index (χ4v) is 4.42. The Kier molecular flexibility index (Phi) is 4.30. The zero-order valence-electron chi connectivity index (χ0n) is 15.4. The third kappa shape index (κ3) is 2.57. The van der Waals surface area contributed by atoms with Crippen molar-refractivity contribution in [3.63, 3.8) is 0 Å². The van der Waals surface area contributed by atoms with Crippen molar-refractivity contribution in [1.29, 1.82) is 0 Å². The molecule has 2 aliphatic rings. The van der Waals surface area contributed by atoms with Crippen LogP contribution in [0, 0.1) is 0 Å². The average molecular weight is 366 g/mol. The molecule has 2 atom stereocenters. The number of aromatic nitrogens is 2. The molecule has 1 fully saturated rings. The zero-order chi connectivity index (χ0) is 19.0. The minimum atomic E-state index is -0.685. The van der Waals surface area contributed by atoms with Crippen molar-refractivity contribution in [1.82, 2.24) is 14.9 Å². The van der Waals surface area contributed by atoms with Gasteiger partial charge in [0.25, 0.3) is 5.91 Å². The van der Waals surface area contributed by atoms with Crippen LogP contribution < -0.4 is 10.1 Å². The van der Waals surface area contributed by atoms with E-state index < -0.39 is 5.41 Å². The van der Waals surface area contributed by atoms with Gasteiger partial charge in [0.05, 0.1) is 24.1 Å². The number of nitrogens with one attached hydrogen (secondary N) is 1. The number of anilines is 1. The number of rotatable bonds is 4. The molecule has 4 rings (SSSR count). The number of benzene rings is 1. The van der Waals surface area contributed by atoms with Crippen LogP contribution in [0.25, 0.3) is 0 Å². The van der Waals surface area contributed by atoms with Crippen LogP contribution in [0.2, 0.25) is 0 Å². The first-order chi connectivity index (χ1) is 13.1. The second-order valence-corrected chi connectivity index (χ2v) is 6.98. The van der Waals surface area contributed by atoms with E-state index in [1.807, 2.05) is 29.2 Å². The van der Waals surface area contributed by atoms with Crippen LogP contribution in [0.5, 0.6) is 6.01 Å². The summed E-state index contributed by atoms with van der Waals surface area (Å²) >= 11 is 0. The van der Waals surface area contributed by atoms with Gasteiger partial charge in [-0.05, 0) is 24.5 Å². The molecule has 1 aromatic heterocycles. The highest BCUT2D eigenvalue weighted by atomic mass is 16.5. The van der Waals surface area contributed by atoms with E-state index in [9.17, 15) is 9.59 Å². The van der Waals surface area contributed by atoms with Crippen molar-refractivity contribution in [3.05, 3.63) is 47.8 Å². The Morgan fingerprint density at radius 1 is 1.33 bits per heavy atom. The van der Waals surface area contributed by atoms with Crippen LogP contribution in [0.4, 0.5) is 5.69 Å². The monoisotopic (exact) mass is 366 g/mol. The molecular weight excluding hydrogens is 344 g/mol. The van der Waals surface area contributed by atoms with Gasteiger partial charge in [-0.15, -0.1) is 0 Å². The highest BCUT2D eigenvalue weighted by Crippen LogP contribution is 2.49. The lowest BCUT2D eigenvalue weighted by Crippen LogP contribution is -2.48. The quantitative estimate of drug-likeness (QED) is 0.898. The summed E-state index contributed by atoms with van der Waals surface area (Å²) < 4.78 is 4.96. The minimum Gasteiger partial charge on any atom is -0.467 e. The summed E-state index contributed by atoms with van der Waals surface area (Å²) in [6, 6.07) is 7.82. The number of likely N-dealkylation sites (tertiary alicyclic amines) is 1. The van der Waals surface area contributed by atoms with Gasteiger partial charge in [0.1, 0.15) is 0 Å². The molecule has 3 heterocycles. The number of carbonyl (C=O) groups is 2. The summed E-state index contributed by atoms with van der Waals surface area (Å²) in [4.78, 5) is 36.1. The van der Waals surface area contributed by atoms with Crippen molar-refractivity contribution in [2.45, 2.75) is 37.6 Å². The van der Waals surface area contributed by atoms with Gasteiger partial charge in [-0.2, -0.15) is 0 Å². The molecule has 7 nitrogen and oxygen atoms in total. The first-order valence-electron chi connectivity index (χ1n) is 9.19. The highest BCUT2D eigenvalue weighted by molar-refractivity contribution is 6.08. The second-order valence-electron chi connectivity index (χ2n) is 6.98. The molecule has 1 aromatic carbocycles. The molecule has 140 valence electrons. The van der Waals surface area contributed by atoms with E-state index in [0.29, 0.717) is 18.5 Å². The van der Waals surface area contributed by atoms with Crippen LogP contribution in [0.15, 0.2) is 36.7 Å². The lowest BCUT2D eigenvalue weighted by molar-refractivity contribution is -0.121. The number of carbonyl (C=O) groups excluding carboxylic acids is 2. The Hall–Kier alpha value is -2.96. The van der Waals surface area contributed by atoms with E-state index in [1.165, 1.54) is 19.5 Å². The summed E-state index contributed by atoms with van der Waals surface area (Å²) in [6.45, 7) is 2.60. The lowest BCUT2D eigenvalue weighted by atomic mass is 9.73. The predicted molar refractivity (Wildman–Crippen MR) is 99.7 cm³/mol. The summed E-state index contributed by atoms with van der Waals surface area (Å²) in [7, 11) is 1.48. The van der Waals surface area contributed by atoms with Gasteiger partial charge in [-0.1, -0.05) is 31.5 Å². The number of hydrogen-bond donors (Lipinski definition) is 1. The Morgan fingerprint density at radius 2 is 2.07 bits per heavy atom. The molecule has 7 heteroatoms. The van der Waals surface area contributed by atoms with Gasteiger partial charge in [0.2, 0.25) is 5.91 Å². The summed E-state index contributed by atoms with van der Waals surface area (Å²) in [5.74, 6) is -0.159. The van der Waals surface area contributed by atoms with Crippen molar-refractivity contribution >= 4 is 17.5 Å². The van der Waals surface area contributed by atoms with Gasteiger partial charge < -0.3 is 15.0 Å². The number of para-hydroxylation sites is 1. The topological polar surface area (TPSA) is 84.4 Å². The van der Waals surface area contributed by atoms with Gasteiger partial charge >= 0.3 is 6.01 Å². The fourth-order valence-electron chi connectivity index (χ4n) is 4.42.